The van der Waals surface area contributed by atoms with Gasteiger partial charge >= 0.3 is 0 Å². The van der Waals surface area contributed by atoms with Gasteiger partial charge in [-0.3, -0.25) is 14.9 Å². The molecular weight excluding hydrogens is 308 g/mol. The number of nitro groups is 1. The summed E-state index contributed by atoms with van der Waals surface area (Å²) in [6.07, 6.45) is 0. The molecule has 22 heavy (non-hydrogen) atoms. The number of nitro benzene ring substituents is 1. The Morgan fingerprint density at radius 1 is 1.27 bits per heavy atom. The van der Waals surface area contributed by atoms with Crippen LogP contribution in [0.1, 0.15) is 15.9 Å². The molecule has 1 heterocycles. The van der Waals surface area contributed by atoms with Crippen molar-refractivity contribution in [2.75, 3.05) is 7.05 Å². The number of carbonyl (C=O) groups is 1. The van der Waals surface area contributed by atoms with E-state index in [9.17, 15) is 14.9 Å². The van der Waals surface area contributed by atoms with Crippen LogP contribution in [0.5, 0.6) is 11.5 Å². The number of halogens is 1. The summed E-state index contributed by atoms with van der Waals surface area (Å²) < 4.78 is 5.75. The minimum atomic E-state index is -0.524. The Kier molecular flexibility index (Phi) is 3.46. The van der Waals surface area contributed by atoms with Gasteiger partial charge in [-0.05, 0) is 18.2 Å². The number of ether oxygens (including phenoxy) is 1. The van der Waals surface area contributed by atoms with Gasteiger partial charge < -0.3 is 9.64 Å². The first kappa shape index (κ1) is 14.3. The Bertz CT molecular complexity index is 791. The van der Waals surface area contributed by atoms with Crippen LogP contribution < -0.4 is 4.74 Å². The van der Waals surface area contributed by atoms with Crippen molar-refractivity contribution in [1.29, 1.82) is 0 Å². The molecule has 0 saturated heterocycles. The van der Waals surface area contributed by atoms with E-state index in [1.54, 1.807) is 30.1 Å². The van der Waals surface area contributed by atoms with Gasteiger partial charge in [0.15, 0.2) is 0 Å². The van der Waals surface area contributed by atoms with Crippen LogP contribution in [-0.2, 0) is 6.54 Å². The van der Waals surface area contributed by atoms with E-state index in [-0.39, 0.29) is 16.6 Å². The predicted octanol–water partition coefficient (Wildman–Crippen LogP) is 3.63. The first-order chi connectivity index (χ1) is 10.5. The van der Waals surface area contributed by atoms with Gasteiger partial charge in [0, 0.05) is 30.3 Å². The maximum absolute atomic E-state index is 12.0. The number of rotatable bonds is 3. The molecule has 3 rings (SSSR count). The normalized spacial score (nSPS) is 13.2. The highest BCUT2D eigenvalue weighted by atomic mass is 35.5. The molecule has 0 aromatic heterocycles. The molecule has 1 aliphatic rings. The van der Waals surface area contributed by atoms with E-state index in [2.05, 4.69) is 0 Å². The van der Waals surface area contributed by atoms with Crippen molar-refractivity contribution < 1.29 is 14.5 Å². The second-order valence-electron chi connectivity index (χ2n) is 4.92. The van der Waals surface area contributed by atoms with Crippen LogP contribution in [0.25, 0.3) is 0 Å². The zero-order chi connectivity index (χ0) is 15.9. The quantitative estimate of drug-likeness (QED) is 0.640. The molecule has 1 aliphatic heterocycles. The minimum Gasteiger partial charge on any atom is -0.455 e. The van der Waals surface area contributed by atoms with Crippen molar-refractivity contribution in [2.45, 2.75) is 6.54 Å². The first-order valence-corrected chi connectivity index (χ1v) is 6.84. The van der Waals surface area contributed by atoms with Crippen LogP contribution in [0.4, 0.5) is 5.69 Å². The highest BCUT2D eigenvalue weighted by Crippen LogP contribution is 2.36. The van der Waals surface area contributed by atoms with E-state index < -0.39 is 4.92 Å². The minimum absolute atomic E-state index is 0.0600. The molecule has 7 heteroatoms. The molecule has 0 aliphatic carbocycles. The summed E-state index contributed by atoms with van der Waals surface area (Å²) in [6, 6.07) is 9.21. The standard InChI is InChI=1S/C15H11ClN2O4/c1-17-8-11-10(15(17)19)3-2-4-13(11)22-14-6-5-9(18(20)21)7-12(14)16/h2-7H,8H2,1H3. The summed E-state index contributed by atoms with van der Waals surface area (Å²) in [6.45, 7) is 0.453. The number of amides is 1. The molecule has 1 amide bonds. The summed E-state index contributed by atoms with van der Waals surface area (Å²) in [5, 5.41) is 10.9. The van der Waals surface area contributed by atoms with Crippen molar-refractivity contribution >= 4 is 23.2 Å². The van der Waals surface area contributed by atoms with Crippen molar-refractivity contribution in [1.82, 2.24) is 4.90 Å². The summed E-state index contributed by atoms with van der Waals surface area (Å²) in [4.78, 5) is 23.7. The van der Waals surface area contributed by atoms with Crippen LogP contribution in [-0.4, -0.2) is 22.8 Å². The molecule has 0 radical (unpaired) electrons. The fraction of sp³-hybridized carbons (Fsp3) is 0.133. The highest BCUT2D eigenvalue weighted by Gasteiger charge is 2.27. The molecule has 0 unspecified atom stereocenters. The Labute approximate surface area is 131 Å². The van der Waals surface area contributed by atoms with Crippen molar-refractivity contribution in [3.05, 3.63) is 62.7 Å². The second-order valence-corrected chi connectivity index (χ2v) is 5.32. The van der Waals surface area contributed by atoms with Gasteiger partial charge in [0.25, 0.3) is 11.6 Å². The van der Waals surface area contributed by atoms with Gasteiger partial charge in [0.2, 0.25) is 0 Å². The molecule has 112 valence electrons. The Balaban J connectivity index is 1.96. The van der Waals surface area contributed by atoms with E-state index in [0.29, 0.717) is 23.6 Å². The Morgan fingerprint density at radius 2 is 2.05 bits per heavy atom. The molecule has 0 N–H and O–H groups in total. The van der Waals surface area contributed by atoms with Crippen LogP contribution in [0, 0.1) is 10.1 Å². The lowest BCUT2D eigenvalue weighted by molar-refractivity contribution is -0.384. The van der Waals surface area contributed by atoms with Crippen molar-refractivity contribution in [3.63, 3.8) is 0 Å². The molecule has 0 atom stereocenters. The zero-order valence-corrected chi connectivity index (χ0v) is 12.3. The van der Waals surface area contributed by atoms with Gasteiger partial charge in [-0.25, -0.2) is 0 Å². The number of hydrogen-bond acceptors (Lipinski definition) is 4. The molecular formula is C15H11ClN2O4. The lowest BCUT2D eigenvalue weighted by Gasteiger charge is -2.11. The molecule has 0 fully saturated rings. The van der Waals surface area contributed by atoms with Gasteiger partial charge in [-0.1, -0.05) is 17.7 Å². The van der Waals surface area contributed by atoms with E-state index in [0.717, 1.165) is 5.56 Å². The van der Waals surface area contributed by atoms with E-state index in [1.165, 1.54) is 18.2 Å². The maximum atomic E-state index is 12.0. The Hall–Kier alpha value is -2.60. The van der Waals surface area contributed by atoms with Crippen LogP contribution in [0.2, 0.25) is 5.02 Å². The average molecular weight is 319 g/mol. The largest absolute Gasteiger partial charge is 0.455 e. The molecule has 2 aromatic carbocycles. The van der Waals surface area contributed by atoms with E-state index in [4.69, 9.17) is 16.3 Å². The molecule has 0 spiro atoms. The predicted molar refractivity (Wildman–Crippen MR) is 80.4 cm³/mol. The fourth-order valence-electron chi connectivity index (χ4n) is 2.34. The first-order valence-electron chi connectivity index (χ1n) is 6.46. The highest BCUT2D eigenvalue weighted by molar-refractivity contribution is 6.32. The summed E-state index contributed by atoms with van der Waals surface area (Å²) in [5.74, 6) is 0.767. The lowest BCUT2D eigenvalue weighted by atomic mass is 10.1. The van der Waals surface area contributed by atoms with Gasteiger partial charge in [0.1, 0.15) is 11.5 Å². The average Bonchev–Trinajstić information content (AvgIpc) is 2.78. The topological polar surface area (TPSA) is 72.7 Å². The number of non-ortho nitro benzene ring substituents is 1. The Morgan fingerprint density at radius 3 is 2.73 bits per heavy atom. The molecule has 2 aromatic rings. The summed E-state index contributed by atoms with van der Waals surface area (Å²) >= 11 is 6.02. The lowest BCUT2D eigenvalue weighted by Crippen LogP contribution is -2.17. The number of benzene rings is 2. The monoisotopic (exact) mass is 318 g/mol. The van der Waals surface area contributed by atoms with Crippen LogP contribution in [0.15, 0.2) is 36.4 Å². The van der Waals surface area contributed by atoms with Gasteiger partial charge in [-0.2, -0.15) is 0 Å². The maximum Gasteiger partial charge on any atom is 0.271 e. The van der Waals surface area contributed by atoms with Gasteiger partial charge in [0.05, 0.1) is 16.5 Å². The third-order valence-corrected chi connectivity index (χ3v) is 3.75. The van der Waals surface area contributed by atoms with Crippen molar-refractivity contribution in [3.8, 4) is 11.5 Å². The molecule has 0 bridgehead atoms. The smallest absolute Gasteiger partial charge is 0.271 e. The van der Waals surface area contributed by atoms with Gasteiger partial charge in [-0.15, -0.1) is 0 Å². The zero-order valence-electron chi connectivity index (χ0n) is 11.6. The van der Waals surface area contributed by atoms with E-state index >= 15 is 0 Å². The summed E-state index contributed by atoms with van der Waals surface area (Å²) in [7, 11) is 1.71. The molecule has 6 nitrogen and oxygen atoms in total. The third-order valence-electron chi connectivity index (χ3n) is 3.45. The SMILES string of the molecule is CN1Cc2c(Oc3ccc([N+](=O)[O-])cc3Cl)cccc2C1=O. The van der Waals surface area contributed by atoms with Crippen LogP contribution >= 0.6 is 11.6 Å². The molecule has 0 saturated carbocycles. The summed E-state index contributed by atoms with van der Waals surface area (Å²) in [5.41, 5.74) is 1.27. The van der Waals surface area contributed by atoms with Crippen LogP contribution in [0.3, 0.4) is 0 Å². The number of hydrogen-bond donors (Lipinski definition) is 0. The fourth-order valence-corrected chi connectivity index (χ4v) is 2.56. The number of carbonyl (C=O) groups excluding carboxylic acids is 1. The van der Waals surface area contributed by atoms with E-state index in [1.807, 2.05) is 0 Å². The van der Waals surface area contributed by atoms with Crippen molar-refractivity contribution in [2.24, 2.45) is 0 Å². The number of fused-ring (bicyclic) bond motifs is 1. The number of nitrogens with zero attached hydrogens (tertiary/aromatic N) is 2. The second kappa shape index (κ2) is 5.31. The third kappa shape index (κ3) is 2.37.